The number of hydrogen-bond donors (Lipinski definition) is 2. The monoisotopic (exact) mass is 271 g/mol. The average molecular weight is 271 g/mol. The number of ketones is 1. The number of carbonyl (C=O) groups is 2. The molecule has 1 aliphatic heterocycles. The number of benzene rings is 1. The van der Waals surface area contributed by atoms with E-state index in [4.69, 9.17) is 5.11 Å². The number of carboxylic acids is 1. The second-order valence-electron chi connectivity index (χ2n) is 4.85. The lowest BCUT2D eigenvalue weighted by molar-refractivity contribution is -0.138. The van der Waals surface area contributed by atoms with Gasteiger partial charge in [0.15, 0.2) is 0 Å². The van der Waals surface area contributed by atoms with Gasteiger partial charge in [0.1, 0.15) is 5.75 Å². The molecule has 0 radical (unpaired) electrons. The largest absolute Gasteiger partial charge is 0.508 e. The minimum Gasteiger partial charge on any atom is -0.508 e. The number of phenolic OH excluding ortho intramolecular Hbond substituents is 1. The Balaban J connectivity index is 1.97. The molecule has 1 aromatic heterocycles. The van der Waals surface area contributed by atoms with Crippen LogP contribution >= 0.6 is 0 Å². The Morgan fingerprint density at radius 2 is 1.80 bits per heavy atom. The summed E-state index contributed by atoms with van der Waals surface area (Å²) in [4.78, 5) is 23.5. The van der Waals surface area contributed by atoms with E-state index in [9.17, 15) is 14.7 Å². The lowest BCUT2D eigenvalue weighted by Crippen LogP contribution is -2.09. The van der Waals surface area contributed by atoms with E-state index in [0.29, 0.717) is 29.9 Å². The van der Waals surface area contributed by atoms with Crippen molar-refractivity contribution in [2.24, 2.45) is 0 Å². The third-order valence-electron chi connectivity index (χ3n) is 3.67. The van der Waals surface area contributed by atoms with E-state index in [1.54, 1.807) is 28.8 Å². The van der Waals surface area contributed by atoms with Crippen LogP contribution in [0.5, 0.6) is 5.75 Å². The van der Waals surface area contributed by atoms with Crippen LogP contribution in [0, 0.1) is 0 Å². The average Bonchev–Trinajstić information content (AvgIpc) is 2.99. The van der Waals surface area contributed by atoms with Crippen molar-refractivity contribution < 1.29 is 19.8 Å². The molecule has 2 aromatic rings. The predicted octanol–water partition coefficient (Wildman–Crippen LogP) is 2.00. The van der Waals surface area contributed by atoms with Crippen molar-refractivity contribution in [2.75, 3.05) is 0 Å². The quantitative estimate of drug-likeness (QED) is 0.837. The molecule has 3 rings (SSSR count). The summed E-state index contributed by atoms with van der Waals surface area (Å²) in [5.74, 6) is -1.45. The molecule has 0 bridgehead atoms. The third-order valence-corrected chi connectivity index (χ3v) is 3.67. The fourth-order valence-electron chi connectivity index (χ4n) is 2.65. The zero-order valence-corrected chi connectivity index (χ0v) is 10.6. The number of aliphatic carboxylic acids is 1. The highest BCUT2D eigenvalue weighted by Gasteiger charge is 2.31. The van der Waals surface area contributed by atoms with Crippen molar-refractivity contribution in [1.29, 1.82) is 0 Å². The Bertz CT molecular complexity index is 684. The van der Waals surface area contributed by atoms with Crippen molar-refractivity contribution in [3.8, 4) is 5.75 Å². The SMILES string of the molecule is O=C(c1ccc(O)cc1)c1ccc2n1CC[C@@H]2C(=O)O. The van der Waals surface area contributed by atoms with Crippen molar-refractivity contribution in [1.82, 2.24) is 4.57 Å². The maximum absolute atomic E-state index is 12.4. The number of rotatable bonds is 3. The van der Waals surface area contributed by atoms with Gasteiger partial charge in [-0.05, 0) is 42.8 Å². The zero-order chi connectivity index (χ0) is 14.3. The number of aromatic nitrogens is 1. The highest BCUT2D eigenvalue weighted by molar-refractivity contribution is 6.08. The number of hydrogen-bond acceptors (Lipinski definition) is 3. The van der Waals surface area contributed by atoms with Crippen LogP contribution in [0.25, 0.3) is 0 Å². The van der Waals surface area contributed by atoms with Gasteiger partial charge in [-0.15, -0.1) is 0 Å². The molecule has 0 aliphatic carbocycles. The predicted molar refractivity (Wildman–Crippen MR) is 71.0 cm³/mol. The topological polar surface area (TPSA) is 79.5 Å². The first-order valence-corrected chi connectivity index (χ1v) is 6.34. The molecule has 2 N–H and O–H groups in total. The molecule has 1 atom stereocenters. The van der Waals surface area contributed by atoms with Gasteiger partial charge in [0.2, 0.25) is 5.78 Å². The van der Waals surface area contributed by atoms with Crippen LogP contribution in [0.4, 0.5) is 0 Å². The maximum Gasteiger partial charge on any atom is 0.312 e. The van der Waals surface area contributed by atoms with Crippen molar-refractivity contribution in [2.45, 2.75) is 18.9 Å². The molecule has 102 valence electrons. The van der Waals surface area contributed by atoms with Crippen molar-refractivity contribution in [3.63, 3.8) is 0 Å². The summed E-state index contributed by atoms with van der Waals surface area (Å²) in [6.07, 6.45) is 0.515. The number of nitrogens with zero attached hydrogens (tertiary/aromatic N) is 1. The highest BCUT2D eigenvalue weighted by Crippen LogP contribution is 2.31. The first-order chi connectivity index (χ1) is 9.58. The van der Waals surface area contributed by atoms with Crippen LogP contribution in [0.3, 0.4) is 0 Å². The van der Waals surface area contributed by atoms with E-state index in [1.807, 2.05) is 0 Å². The van der Waals surface area contributed by atoms with Gasteiger partial charge >= 0.3 is 5.97 Å². The van der Waals surface area contributed by atoms with Gasteiger partial charge in [-0.1, -0.05) is 0 Å². The lowest BCUT2D eigenvalue weighted by atomic mass is 10.1. The Morgan fingerprint density at radius 3 is 2.45 bits per heavy atom. The van der Waals surface area contributed by atoms with Gasteiger partial charge in [0, 0.05) is 17.8 Å². The Kier molecular flexibility index (Phi) is 2.82. The molecule has 1 aliphatic rings. The molecule has 0 spiro atoms. The van der Waals surface area contributed by atoms with Crippen molar-refractivity contribution >= 4 is 11.8 Å². The molecule has 1 aromatic carbocycles. The molecule has 5 heteroatoms. The van der Waals surface area contributed by atoms with E-state index in [2.05, 4.69) is 0 Å². The molecular weight excluding hydrogens is 258 g/mol. The third kappa shape index (κ3) is 1.87. The van der Waals surface area contributed by atoms with Crippen LogP contribution in [0.15, 0.2) is 36.4 Å². The van der Waals surface area contributed by atoms with Crippen LogP contribution in [0.2, 0.25) is 0 Å². The number of fused-ring (bicyclic) bond motifs is 1. The van der Waals surface area contributed by atoms with Gasteiger partial charge in [-0.2, -0.15) is 0 Å². The standard InChI is InChI=1S/C15H13NO4/c17-10-3-1-9(2-4-10)14(18)13-6-5-12-11(15(19)20)7-8-16(12)13/h1-6,11,17H,7-8H2,(H,19,20)/t11-/m0/s1. The molecule has 20 heavy (non-hydrogen) atoms. The number of carbonyl (C=O) groups excluding carboxylic acids is 1. The molecule has 0 unspecified atom stereocenters. The van der Waals surface area contributed by atoms with Gasteiger partial charge in [0.25, 0.3) is 0 Å². The smallest absolute Gasteiger partial charge is 0.312 e. The minimum absolute atomic E-state index is 0.105. The van der Waals surface area contributed by atoms with Gasteiger partial charge in [-0.25, -0.2) is 0 Å². The summed E-state index contributed by atoms with van der Waals surface area (Å²) in [6.45, 7) is 0.540. The van der Waals surface area contributed by atoms with Gasteiger partial charge in [-0.3, -0.25) is 9.59 Å². The highest BCUT2D eigenvalue weighted by atomic mass is 16.4. The molecule has 0 saturated carbocycles. The molecule has 0 fully saturated rings. The normalized spacial score (nSPS) is 16.9. The molecule has 0 saturated heterocycles. The number of phenols is 1. The second kappa shape index (κ2) is 4.52. The molecule has 5 nitrogen and oxygen atoms in total. The zero-order valence-electron chi connectivity index (χ0n) is 10.6. The summed E-state index contributed by atoms with van der Waals surface area (Å²) >= 11 is 0. The molecular formula is C15H13NO4. The minimum atomic E-state index is -0.856. The van der Waals surface area contributed by atoms with E-state index in [-0.39, 0.29) is 11.5 Å². The van der Waals surface area contributed by atoms with E-state index in [0.717, 1.165) is 0 Å². The number of carboxylic acid groups (broad SMARTS) is 1. The first kappa shape index (κ1) is 12.5. The van der Waals surface area contributed by atoms with E-state index < -0.39 is 11.9 Å². The molecule has 0 amide bonds. The summed E-state index contributed by atoms with van der Waals surface area (Å²) in [5.41, 5.74) is 1.65. The Hall–Kier alpha value is -2.56. The summed E-state index contributed by atoms with van der Waals surface area (Å²) in [5, 5.41) is 18.4. The lowest BCUT2D eigenvalue weighted by Gasteiger charge is -2.05. The fourth-order valence-corrected chi connectivity index (χ4v) is 2.65. The van der Waals surface area contributed by atoms with E-state index in [1.165, 1.54) is 12.1 Å². The van der Waals surface area contributed by atoms with Crippen LogP contribution in [0.1, 0.15) is 34.1 Å². The van der Waals surface area contributed by atoms with Crippen LogP contribution in [-0.4, -0.2) is 26.5 Å². The van der Waals surface area contributed by atoms with Crippen molar-refractivity contribution in [3.05, 3.63) is 53.3 Å². The Labute approximate surface area is 115 Å². The van der Waals surface area contributed by atoms with Crippen LogP contribution < -0.4 is 0 Å². The second-order valence-corrected chi connectivity index (χ2v) is 4.85. The summed E-state index contributed by atoms with van der Waals surface area (Å²) in [6, 6.07) is 9.41. The van der Waals surface area contributed by atoms with Gasteiger partial charge in [0.05, 0.1) is 11.6 Å². The molecule has 2 heterocycles. The van der Waals surface area contributed by atoms with Gasteiger partial charge < -0.3 is 14.8 Å². The summed E-state index contributed by atoms with van der Waals surface area (Å²) in [7, 11) is 0. The number of aromatic hydroxyl groups is 1. The first-order valence-electron chi connectivity index (χ1n) is 6.34. The summed E-state index contributed by atoms with van der Waals surface area (Å²) < 4.78 is 1.77. The maximum atomic E-state index is 12.4. The van der Waals surface area contributed by atoms with E-state index >= 15 is 0 Å². The Morgan fingerprint density at radius 1 is 1.10 bits per heavy atom. The fraction of sp³-hybridized carbons (Fsp3) is 0.200. The van der Waals surface area contributed by atoms with Crippen LogP contribution in [-0.2, 0) is 11.3 Å².